The molecule has 5 nitrogen and oxygen atoms in total. The molecule has 4 rings (SSSR count). The molecule has 22 heavy (non-hydrogen) atoms. The smallest absolute Gasteiger partial charge is 0.188 e. The standard InChI is InChI=1S/C16H14N4OS/c1-9-7-11-5-3-4-6-12(11)20(9)14-13-16(18-8-17-14)22-15(19-13)10(2)21/h3-6,8-9H,7H2,1-2H3/t9-/m1/s1. The Kier molecular flexibility index (Phi) is 2.94. The minimum Gasteiger partial charge on any atom is -0.321 e. The number of thiazole rings is 1. The second-order valence-electron chi connectivity index (χ2n) is 5.48. The molecule has 2 aromatic heterocycles. The summed E-state index contributed by atoms with van der Waals surface area (Å²) in [6.45, 7) is 3.70. The average molecular weight is 310 g/mol. The molecule has 3 aromatic rings. The number of anilines is 2. The summed E-state index contributed by atoms with van der Waals surface area (Å²) >= 11 is 1.32. The third kappa shape index (κ3) is 1.91. The van der Waals surface area contributed by atoms with Crippen LogP contribution < -0.4 is 4.90 Å². The first kappa shape index (κ1) is 13.3. The number of aromatic nitrogens is 3. The van der Waals surface area contributed by atoms with E-state index in [1.807, 2.05) is 6.07 Å². The summed E-state index contributed by atoms with van der Waals surface area (Å²) in [6.07, 6.45) is 2.53. The summed E-state index contributed by atoms with van der Waals surface area (Å²) in [5.41, 5.74) is 3.18. The van der Waals surface area contributed by atoms with Gasteiger partial charge in [0.05, 0.1) is 0 Å². The molecule has 1 aliphatic heterocycles. The molecule has 1 atom stereocenters. The van der Waals surface area contributed by atoms with Crippen LogP contribution >= 0.6 is 11.3 Å². The van der Waals surface area contributed by atoms with Crippen LogP contribution in [-0.4, -0.2) is 26.8 Å². The van der Waals surface area contributed by atoms with E-state index in [1.165, 1.54) is 23.8 Å². The SMILES string of the molecule is CC(=O)c1nc2c(N3c4ccccc4C[C@H]3C)ncnc2s1. The number of para-hydroxylation sites is 1. The van der Waals surface area contributed by atoms with Gasteiger partial charge in [-0.15, -0.1) is 0 Å². The van der Waals surface area contributed by atoms with Crippen molar-refractivity contribution in [1.29, 1.82) is 0 Å². The fraction of sp³-hybridized carbons (Fsp3) is 0.250. The molecule has 3 heterocycles. The van der Waals surface area contributed by atoms with Crippen LogP contribution in [0.2, 0.25) is 0 Å². The van der Waals surface area contributed by atoms with E-state index in [1.54, 1.807) is 6.33 Å². The number of ketones is 1. The van der Waals surface area contributed by atoms with Crippen LogP contribution in [0.3, 0.4) is 0 Å². The highest BCUT2D eigenvalue weighted by molar-refractivity contribution is 7.20. The lowest BCUT2D eigenvalue weighted by molar-refractivity contribution is 0.101. The number of carbonyl (C=O) groups excluding carboxylic acids is 1. The summed E-state index contributed by atoms with van der Waals surface area (Å²) in [5.74, 6) is 0.745. The lowest BCUT2D eigenvalue weighted by Gasteiger charge is -2.23. The van der Waals surface area contributed by atoms with Gasteiger partial charge in [0.15, 0.2) is 16.6 Å². The highest BCUT2D eigenvalue weighted by Crippen LogP contribution is 2.40. The van der Waals surface area contributed by atoms with Gasteiger partial charge in [0.2, 0.25) is 0 Å². The van der Waals surface area contributed by atoms with Gasteiger partial charge in [-0.3, -0.25) is 4.79 Å². The third-order valence-corrected chi connectivity index (χ3v) is 4.98. The number of nitrogens with zero attached hydrogens (tertiary/aromatic N) is 4. The van der Waals surface area contributed by atoms with Gasteiger partial charge < -0.3 is 4.90 Å². The summed E-state index contributed by atoms with van der Waals surface area (Å²) in [5, 5.41) is 0.483. The van der Waals surface area contributed by atoms with Crippen molar-refractivity contribution in [1.82, 2.24) is 15.0 Å². The molecule has 0 bridgehead atoms. The molecule has 0 unspecified atom stereocenters. The zero-order chi connectivity index (χ0) is 15.3. The topological polar surface area (TPSA) is 59.0 Å². The maximum atomic E-state index is 11.6. The Bertz CT molecular complexity index is 889. The molecule has 6 heteroatoms. The fourth-order valence-corrected chi connectivity index (χ4v) is 3.75. The lowest BCUT2D eigenvalue weighted by Crippen LogP contribution is -2.25. The van der Waals surface area contributed by atoms with Gasteiger partial charge in [-0.1, -0.05) is 29.5 Å². The van der Waals surface area contributed by atoms with Crippen LogP contribution in [0.4, 0.5) is 11.5 Å². The number of benzene rings is 1. The molecule has 0 radical (unpaired) electrons. The fourth-order valence-electron chi connectivity index (χ4n) is 2.96. The van der Waals surface area contributed by atoms with Gasteiger partial charge in [-0.05, 0) is 25.0 Å². The van der Waals surface area contributed by atoms with E-state index in [0.29, 0.717) is 16.6 Å². The highest BCUT2D eigenvalue weighted by Gasteiger charge is 2.30. The largest absolute Gasteiger partial charge is 0.321 e. The maximum Gasteiger partial charge on any atom is 0.188 e. The molecule has 0 saturated carbocycles. The zero-order valence-electron chi connectivity index (χ0n) is 12.3. The predicted molar refractivity (Wildman–Crippen MR) is 87.0 cm³/mol. The van der Waals surface area contributed by atoms with Crippen LogP contribution in [0.5, 0.6) is 0 Å². The van der Waals surface area contributed by atoms with E-state index in [2.05, 4.69) is 45.0 Å². The van der Waals surface area contributed by atoms with E-state index in [9.17, 15) is 4.79 Å². The van der Waals surface area contributed by atoms with Crippen molar-refractivity contribution in [2.75, 3.05) is 4.90 Å². The minimum atomic E-state index is -0.0381. The van der Waals surface area contributed by atoms with E-state index in [4.69, 9.17) is 0 Å². The van der Waals surface area contributed by atoms with Crippen LogP contribution in [0.25, 0.3) is 10.3 Å². The summed E-state index contributed by atoms with van der Waals surface area (Å²) in [4.78, 5) is 27.7. The van der Waals surface area contributed by atoms with Crippen molar-refractivity contribution in [2.45, 2.75) is 26.3 Å². The van der Waals surface area contributed by atoms with E-state index in [-0.39, 0.29) is 5.78 Å². The molecule has 0 fully saturated rings. The molecule has 0 aliphatic carbocycles. The van der Waals surface area contributed by atoms with Crippen molar-refractivity contribution in [2.24, 2.45) is 0 Å². The maximum absolute atomic E-state index is 11.6. The molecule has 110 valence electrons. The third-order valence-electron chi connectivity index (χ3n) is 3.91. The van der Waals surface area contributed by atoms with Gasteiger partial charge in [-0.25, -0.2) is 15.0 Å². The Labute approximate surface area is 131 Å². The molecule has 0 amide bonds. The lowest BCUT2D eigenvalue weighted by atomic mass is 10.1. The molecule has 0 saturated heterocycles. The van der Waals surface area contributed by atoms with Crippen molar-refractivity contribution >= 4 is 39.0 Å². The number of Topliss-reactive ketones (excluding diaryl/α,β-unsaturated/α-hetero) is 1. The van der Waals surface area contributed by atoms with Crippen LogP contribution in [0, 0.1) is 0 Å². The summed E-state index contributed by atoms with van der Waals surface area (Å²) < 4.78 is 0. The Balaban J connectivity index is 1.93. The van der Waals surface area contributed by atoms with Crippen LogP contribution in [0.1, 0.15) is 29.2 Å². The average Bonchev–Trinajstić information content (AvgIpc) is 3.07. The first-order valence-electron chi connectivity index (χ1n) is 7.15. The second kappa shape index (κ2) is 4.84. The van der Waals surface area contributed by atoms with Crippen molar-refractivity contribution in [3.63, 3.8) is 0 Å². The molecule has 1 aromatic carbocycles. The van der Waals surface area contributed by atoms with Gasteiger partial charge in [0.1, 0.15) is 16.7 Å². The highest BCUT2D eigenvalue weighted by atomic mass is 32.1. The molecular formula is C16H14N4OS. The van der Waals surface area contributed by atoms with E-state index in [0.717, 1.165) is 22.8 Å². The second-order valence-corrected chi connectivity index (χ2v) is 6.46. The molecule has 1 aliphatic rings. The van der Waals surface area contributed by atoms with E-state index >= 15 is 0 Å². The number of hydrogen-bond acceptors (Lipinski definition) is 6. The van der Waals surface area contributed by atoms with Gasteiger partial charge >= 0.3 is 0 Å². The minimum absolute atomic E-state index is 0.0381. The van der Waals surface area contributed by atoms with Crippen molar-refractivity contribution in [3.8, 4) is 0 Å². The first-order valence-corrected chi connectivity index (χ1v) is 7.96. The van der Waals surface area contributed by atoms with E-state index < -0.39 is 0 Å². The first-order chi connectivity index (χ1) is 10.6. The number of hydrogen-bond donors (Lipinski definition) is 0. The zero-order valence-corrected chi connectivity index (χ0v) is 13.1. The monoisotopic (exact) mass is 310 g/mol. The number of rotatable bonds is 2. The number of carbonyl (C=O) groups is 1. The van der Waals surface area contributed by atoms with Gasteiger partial charge in [-0.2, -0.15) is 0 Å². The van der Waals surface area contributed by atoms with Gasteiger partial charge in [0, 0.05) is 18.7 Å². The van der Waals surface area contributed by atoms with Gasteiger partial charge in [0.25, 0.3) is 0 Å². The Morgan fingerprint density at radius 1 is 1.32 bits per heavy atom. The van der Waals surface area contributed by atoms with Crippen molar-refractivity contribution in [3.05, 3.63) is 41.2 Å². The quantitative estimate of drug-likeness (QED) is 0.679. The van der Waals surface area contributed by atoms with Crippen LogP contribution in [-0.2, 0) is 6.42 Å². The van der Waals surface area contributed by atoms with Crippen molar-refractivity contribution < 1.29 is 4.79 Å². The summed E-state index contributed by atoms with van der Waals surface area (Å²) in [7, 11) is 0. The Morgan fingerprint density at radius 3 is 2.95 bits per heavy atom. The van der Waals surface area contributed by atoms with Crippen LogP contribution in [0.15, 0.2) is 30.6 Å². The summed E-state index contributed by atoms with van der Waals surface area (Å²) in [6, 6.07) is 8.64. The molecular weight excluding hydrogens is 296 g/mol. The predicted octanol–water partition coefficient (Wildman–Crippen LogP) is 3.37. The molecule has 0 spiro atoms. The Hall–Kier alpha value is -2.34. The Morgan fingerprint density at radius 2 is 2.14 bits per heavy atom. The molecule has 0 N–H and O–H groups in total. The normalized spacial score (nSPS) is 17.0. The number of fused-ring (bicyclic) bond motifs is 2.